The Kier molecular flexibility index (Phi) is 5.24. The van der Waals surface area contributed by atoms with Crippen LogP contribution in [0.1, 0.15) is 24.7 Å². The van der Waals surface area contributed by atoms with Gasteiger partial charge in [-0.05, 0) is 26.5 Å². The molecule has 0 saturated carbocycles. The summed E-state index contributed by atoms with van der Waals surface area (Å²) in [7, 11) is -1.82. The van der Waals surface area contributed by atoms with Gasteiger partial charge in [0.05, 0.1) is 11.4 Å². The fraction of sp³-hybridized carbons (Fsp3) is 0.727. The third-order valence-corrected chi connectivity index (χ3v) is 5.93. The molecule has 18 heavy (non-hydrogen) atoms. The van der Waals surface area contributed by atoms with Crippen LogP contribution in [0.2, 0.25) is 0 Å². The highest BCUT2D eigenvalue weighted by atomic mass is 32.2. The van der Waals surface area contributed by atoms with E-state index in [1.807, 2.05) is 13.2 Å². The quantitative estimate of drug-likeness (QED) is 0.868. The highest BCUT2D eigenvalue weighted by molar-refractivity contribution is 7.98. The van der Waals surface area contributed by atoms with Crippen LogP contribution in [-0.2, 0) is 10.0 Å². The van der Waals surface area contributed by atoms with Crippen LogP contribution >= 0.6 is 11.8 Å². The maximum Gasteiger partial charge on any atom is 0.246 e. The monoisotopic (exact) mass is 291 g/mol. The second kappa shape index (κ2) is 6.08. The van der Waals surface area contributed by atoms with Gasteiger partial charge in [-0.15, -0.1) is 0 Å². The summed E-state index contributed by atoms with van der Waals surface area (Å²) < 4.78 is 26.6. The number of sulfonamides is 1. The maximum absolute atomic E-state index is 12.6. The molecular formula is C11H21N3O2S2. The van der Waals surface area contributed by atoms with Gasteiger partial charge in [-0.1, -0.05) is 6.92 Å². The molecule has 0 aliphatic heterocycles. The standard InChI is InChI=1S/C11H21N3O2S2/c1-6-10(7-17-5)14(4)18(15,16)11-8(2)12-13-9(11)3/h10H,6-7H2,1-5H3,(H,12,13). The number of hydrogen-bond donors (Lipinski definition) is 1. The molecule has 0 fully saturated rings. The molecule has 5 nitrogen and oxygen atoms in total. The lowest BCUT2D eigenvalue weighted by molar-refractivity contribution is 0.385. The van der Waals surface area contributed by atoms with E-state index in [1.165, 1.54) is 4.31 Å². The van der Waals surface area contributed by atoms with Crippen LogP contribution < -0.4 is 0 Å². The van der Waals surface area contributed by atoms with E-state index in [0.717, 1.165) is 12.2 Å². The SMILES string of the molecule is CCC(CSC)N(C)S(=O)(=O)c1c(C)n[nH]c1C. The lowest BCUT2D eigenvalue weighted by Gasteiger charge is -2.26. The molecule has 0 radical (unpaired) electrons. The molecule has 0 aliphatic carbocycles. The molecule has 0 spiro atoms. The van der Waals surface area contributed by atoms with Gasteiger partial charge in [0.2, 0.25) is 10.0 Å². The van der Waals surface area contributed by atoms with Gasteiger partial charge in [-0.3, -0.25) is 5.10 Å². The van der Waals surface area contributed by atoms with Crippen molar-refractivity contribution in [1.29, 1.82) is 0 Å². The van der Waals surface area contributed by atoms with Gasteiger partial charge in [0, 0.05) is 18.8 Å². The van der Waals surface area contributed by atoms with Crippen LogP contribution in [0, 0.1) is 13.8 Å². The Morgan fingerprint density at radius 2 is 2.06 bits per heavy atom. The molecule has 7 heteroatoms. The molecule has 1 atom stereocenters. The molecule has 1 aromatic rings. The van der Waals surface area contributed by atoms with Crippen LogP contribution in [0.25, 0.3) is 0 Å². The van der Waals surface area contributed by atoms with Crippen LogP contribution in [0.5, 0.6) is 0 Å². The predicted octanol–water partition coefficient (Wildman–Crippen LogP) is 1.79. The molecule has 1 heterocycles. The van der Waals surface area contributed by atoms with E-state index in [0.29, 0.717) is 16.3 Å². The van der Waals surface area contributed by atoms with Crippen molar-refractivity contribution in [2.24, 2.45) is 0 Å². The zero-order valence-electron chi connectivity index (χ0n) is 11.5. The first kappa shape index (κ1) is 15.5. The van der Waals surface area contributed by atoms with Gasteiger partial charge in [-0.2, -0.15) is 21.2 Å². The average molecular weight is 291 g/mol. The van der Waals surface area contributed by atoms with Crippen molar-refractivity contribution in [3.63, 3.8) is 0 Å². The minimum atomic E-state index is -3.46. The van der Waals surface area contributed by atoms with Crippen molar-refractivity contribution >= 4 is 21.8 Å². The van der Waals surface area contributed by atoms with E-state index >= 15 is 0 Å². The van der Waals surface area contributed by atoms with Crippen molar-refractivity contribution in [3.8, 4) is 0 Å². The Balaban J connectivity index is 3.14. The molecule has 0 amide bonds. The van der Waals surface area contributed by atoms with Crippen LogP contribution in [0.4, 0.5) is 0 Å². The Morgan fingerprint density at radius 1 is 1.44 bits per heavy atom. The first-order valence-corrected chi connectivity index (χ1v) is 8.68. The summed E-state index contributed by atoms with van der Waals surface area (Å²) in [6.07, 6.45) is 2.78. The zero-order valence-corrected chi connectivity index (χ0v) is 13.2. The Bertz CT molecular complexity index is 477. The minimum Gasteiger partial charge on any atom is -0.281 e. The number of H-pyrrole nitrogens is 1. The van der Waals surface area contributed by atoms with E-state index < -0.39 is 10.0 Å². The summed E-state index contributed by atoms with van der Waals surface area (Å²) >= 11 is 1.65. The van der Waals surface area contributed by atoms with E-state index in [2.05, 4.69) is 10.2 Å². The molecule has 0 aromatic carbocycles. The smallest absolute Gasteiger partial charge is 0.246 e. The summed E-state index contributed by atoms with van der Waals surface area (Å²) in [5.41, 5.74) is 1.12. The molecule has 1 aromatic heterocycles. The predicted molar refractivity (Wildman–Crippen MR) is 75.5 cm³/mol. The summed E-state index contributed by atoms with van der Waals surface area (Å²) in [5, 5.41) is 6.69. The van der Waals surface area contributed by atoms with Gasteiger partial charge in [0.1, 0.15) is 4.90 Å². The van der Waals surface area contributed by atoms with Crippen LogP contribution in [0.3, 0.4) is 0 Å². The molecule has 0 saturated heterocycles. The largest absolute Gasteiger partial charge is 0.281 e. The third kappa shape index (κ3) is 2.89. The van der Waals surface area contributed by atoms with Crippen molar-refractivity contribution in [2.75, 3.05) is 19.1 Å². The van der Waals surface area contributed by atoms with E-state index in [-0.39, 0.29) is 6.04 Å². The maximum atomic E-state index is 12.6. The highest BCUT2D eigenvalue weighted by Crippen LogP contribution is 2.23. The topological polar surface area (TPSA) is 66.1 Å². The molecule has 1 N–H and O–H groups in total. The van der Waals surface area contributed by atoms with Crippen LogP contribution in [0.15, 0.2) is 4.90 Å². The van der Waals surface area contributed by atoms with Gasteiger partial charge in [0.25, 0.3) is 0 Å². The molecule has 0 bridgehead atoms. The lowest BCUT2D eigenvalue weighted by atomic mass is 10.3. The summed E-state index contributed by atoms with van der Waals surface area (Å²) in [5.74, 6) is 0.794. The summed E-state index contributed by atoms with van der Waals surface area (Å²) in [6, 6.07) is 0.0127. The number of aromatic amines is 1. The fourth-order valence-corrected chi connectivity index (χ4v) is 4.63. The molecular weight excluding hydrogens is 270 g/mol. The normalized spacial score (nSPS) is 14.1. The second-order valence-electron chi connectivity index (χ2n) is 4.30. The summed E-state index contributed by atoms with van der Waals surface area (Å²) in [4.78, 5) is 0.310. The second-order valence-corrected chi connectivity index (χ2v) is 7.15. The zero-order chi connectivity index (χ0) is 13.9. The summed E-state index contributed by atoms with van der Waals surface area (Å²) in [6.45, 7) is 5.44. The number of hydrogen-bond acceptors (Lipinski definition) is 4. The first-order valence-electron chi connectivity index (χ1n) is 5.84. The molecule has 1 rings (SSSR count). The number of rotatable bonds is 6. The molecule has 104 valence electrons. The number of nitrogens with zero attached hydrogens (tertiary/aromatic N) is 2. The van der Waals surface area contributed by atoms with E-state index in [9.17, 15) is 8.42 Å². The number of thioether (sulfide) groups is 1. The Morgan fingerprint density at radius 3 is 2.44 bits per heavy atom. The van der Waals surface area contributed by atoms with Gasteiger partial charge in [-0.25, -0.2) is 8.42 Å². The minimum absolute atomic E-state index is 0.0127. The van der Waals surface area contributed by atoms with Crippen molar-refractivity contribution in [1.82, 2.24) is 14.5 Å². The Labute approximate surface area is 113 Å². The van der Waals surface area contributed by atoms with Gasteiger partial charge >= 0.3 is 0 Å². The lowest BCUT2D eigenvalue weighted by Crippen LogP contribution is -2.38. The van der Waals surface area contributed by atoms with Crippen molar-refractivity contribution < 1.29 is 8.42 Å². The van der Waals surface area contributed by atoms with Crippen molar-refractivity contribution in [3.05, 3.63) is 11.4 Å². The molecule has 1 unspecified atom stereocenters. The first-order chi connectivity index (χ1) is 8.36. The van der Waals surface area contributed by atoms with Gasteiger partial charge < -0.3 is 0 Å². The highest BCUT2D eigenvalue weighted by Gasteiger charge is 2.30. The number of nitrogens with one attached hydrogen (secondary N) is 1. The average Bonchev–Trinajstić information content (AvgIpc) is 2.65. The fourth-order valence-electron chi connectivity index (χ4n) is 1.93. The van der Waals surface area contributed by atoms with E-state index in [4.69, 9.17) is 0 Å². The third-order valence-electron chi connectivity index (χ3n) is 3.04. The van der Waals surface area contributed by atoms with Gasteiger partial charge in [0.15, 0.2) is 0 Å². The van der Waals surface area contributed by atoms with Crippen molar-refractivity contribution in [2.45, 2.75) is 38.1 Å². The number of aromatic nitrogens is 2. The Hall–Kier alpha value is -0.530. The molecule has 0 aliphatic rings. The van der Waals surface area contributed by atoms with E-state index in [1.54, 1.807) is 32.7 Å². The van der Waals surface area contributed by atoms with Crippen LogP contribution in [-0.4, -0.2) is 48.0 Å². The number of aryl methyl sites for hydroxylation is 2.